The van der Waals surface area contributed by atoms with Crippen LogP contribution in [-0.2, 0) is 6.42 Å². The average molecular weight is 252 g/mol. The summed E-state index contributed by atoms with van der Waals surface area (Å²) < 4.78 is 5.65. The van der Waals surface area contributed by atoms with Crippen molar-refractivity contribution in [2.45, 2.75) is 12.5 Å². The van der Waals surface area contributed by atoms with Crippen molar-refractivity contribution in [2.24, 2.45) is 5.73 Å². The number of halogens is 1. The molecule has 1 atom stereocenters. The lowest BCUT2D eigenvalue weighted by Gasteiger charge is -2.04. The van der Waals surface area contributed by atoms with Gasteiger partial charge in [-0.1, -0.05) is 11.6 Å². The molecular weight excluding hydrogens is 238 g/mol. The molecule has 0 bridgehead atoms. The highest BCUT2D eigenvalue weighted by Gasteiger charge is 2.08. The van der Waals surface area contributed by atoms with Gasteiger partial charge in [-0.25, -0.2) is 0 Å². The van der Waals surface area contributed by atoms with Crippen LogP contribution in [0.1, 0.15) is 5.76 Å². The number of benzene rings is 1. The van der Waals surface area contributed by atoms with E-state index in [0.717, 1.165) is 17.1 Å². The van der Waals surface area contributed by atoms with E-state index in [1.165, 1.54) is 0 Å². The number of hydrogen-bond acceptors (Lipinski definition) is 3. The van der Waals surface area contributed by atoms with Gasteiger partial charge in [0.05, 0.1) is 6.61 Å². The lowest BCUT2D eigenvalue weighted by molar-refractivity contribution is 0.260. The van der Waals surface area contributed by atoms with Crippen LogP contribution in [0.3, 0.4) is 0 Å². The molecule has 0 fully saturated rings. The van der Waals surface area contributed by atoms with Crippen LogP contribution in [0, 0.1) is 0 Å². The molecule has 90 valence electrons. The molecule has 2 aromatic rings. The van der Waals surface area contributed by atoms with Crippen LogP contribution >= 0.6 is 11.6 Å². The van der Waals surface area contributed by atoms with Crippen LogP contribution in [0.25, 0.3) is 11.3 Å². The van der Waals surface area contributed by atoms with Crippen molar-refractivity contribution < 1.29 is 9.52 Å². The van der Waals surface area contributed by atoms with Crippen LogP contribution in [0.2, 0.25) is 5.02 Å². The quantitative estimate of drug-likeness (QED) is 0.878. The minimum Gasteiger partial charge on any atom is -0.461 e. The molecule has 1 unspecified atom stereocenters. The molecule has 0 aliphatic rings. The van der Waals surface area contributed by atoms with Crippen LogP contribution < -0.4 is 5.73 Å². The fourth-order valence-electron chi connectivity index (χ4n) is 1.58. The normalized spacial score (nSPS) is 12.6. The third-order valence-electron chi connectivity index (χ3n) is 2.49. The average Bonchev–Trinajstić information content (AvgIpc) is 2.78. The first-order chi connectivity index (χ1) is 8.19. The van der Waals surface area contributed by atoms with E-state index in [9.17, 15) is 0 Å². The summed E-state index contributed by atoms with van der Waals surface area (Å²) in [5.41, 5.74) is 6.62. The number of furan rings is 1. The van der Waals surface area contributed by atoms with Crippen molar-refractivity contribution in [3.63, 3.8) is 0 Å². The predicted octanol–water partition coefficient (Wildman–Crippen LogP) is 2.46. The molecule has 3 N–H and O–H groups in total. The van der Waals surface area contributed by atoms with Crippen LogP contribution in [-0.4, -0.2) is 17.8 Å². The summed E-state index contributed by atoms with van der Waals surface area (Å²) in [6, 6.07) is 10.9. The predicted molar refractivity (Wildman–Crippen MR) is 67.9 cm³/mol. The van der Waals surface area contributed by atoms with Crippen LogP contribution in [0.4, 0.5) is 0 Å². The molecule has 4 heteroatoms. The van der Waals surface area contributed by atoms with Gasteiger partial charge in [-0.3, -0.25) is 0 Å². The first-order valence-corrected chi connectivity index (χ1v) is 5.78. The fourth-order valence-corrected chi connectivity index (χ4v) is 1.71. The van der Waals surface area contributed by atoms with E-state index >= 15 is 0 Å². The smallest absolute Gasteiger partial charge is 0.134 e. The van der Waals surface area contributed by atoms with Crippen molar-refractivity contribution >= 4 is 11.6 Å². The van der Waals surface area contributed by atoms with Crippen LogP contribution in [0.15, 0.2) is 40.8 Å². The Balaban J connectivity index is 2.15. The van der Waals surface area contributed by atoms with Crippen molar-refractivity contribution in [1.29, 1.82) is 0 Å². The van der Waals surface area contributed by atoms with Crippen molar-refractivity contribution in [1.82, 2.24) is 0 Å². The molecule has 0 saturated carbocycles. The zero-order chi connectivity index (χ0) is 12.3. The van der Waals surface area contributed by atoms with E-state index in [0.29, 0.717) is 11.4 Å². The van der Waals surface area contributed by atoms with E-state index in [4.69, 9.17) is 26.9 Å². The maximum absolute atomic E-state index is 8.87. The number of aliphatic hydroxyl groups excluding tert-OH is 1. The summed E-state index contributed by atoms with van der Waals surface area (Å²) >= 11 is 5.82. The molecule has 0 aliphatic carbocycles. The molecule has 1 heterocycles. The number of hydrogen-bond donors (Lipinski definition) is 2. The fraction of sp³-hybridized carbons (Fsp3) is 0.231. The second-order valence-corrected chi connectivity index (χ2v) is 4.36. The number of nitrogens with two attached hydrogens (primary N) is 1. The Morgan fingerprint density at radius 3 is 2.53 bits per heavy atom. The summed E-state index contributed by atoms with van der Waals surface area (Å²) in [6.45, 7) is -0.0447. The number of rotatable bonds is 4. The van der Waals surface area contributed by atoms with E-state index in [1.54, 1.807) is 0 Å². The highest BCUT2D eigenvalue weighted by atomic mass is 35.5. The Kier molecular flexibility index (Phi) is 3.84. The van der Waals surface area contributed by atoms with Gasteiger partial charge < -0.3 is 15.3 Å². The molecule has 3 nitrogen and oxygen atoms in total. The van der Waals surface area contributed by atoms with Gasteiger partial charge in [0.2, 0.25) is 0 Å². The van der Waals surface area contributed by atoms with Gasteiger partial charge >= 0.3 is 0 Å². The van der Waals surface area contributed by atoms with Gasteiger partial charge in [-0.2, -0.15) is 0 Å². The zero-order valence-electron chi connectivity index (χ0n) is 9.27. The van der Waals surface area contributed by atoms with Gasteiger partial charge in [-0.15, -0.1) is 0 Å². The lowest BCUT2D eigenvalue weighted by atomic mass is 10.2. The highest BCUT2D eigenvalue weighted by Crippen LogP contribution is 2.24. The Morgan fingerprint density at radius 2 is 1.88 bits per heavy atom. The summed E-state index contributed by atoms with van der Waals surface area (Å²) in [4.78, 5) is 0. The minimum atomic E-state index is -0.279. The van der Waals surface area contributed by atoms with Crippen molar-refractivity contribution in [3.8, 4) is 11.3 Å². The topological polar surface area (TPSA) is 59.4 Å². The van der Waals surface area contributed by atoms with Crippen LogP contribution in [0.5, 0.6) is 0 Å². The van der Waals surface area contributed by atoms with E-state index in [1.807, 2.05) is 36.4 Å². The first kappa shape index (κ1) is 12.2. The van der Waals surface area contributed by atoms with E-state index < -0.39 is 0 Å². The third kappa shape index (κ3) is 3.09. The Labute approximate surface area is 105 Å². The molecule has 0 amide bonds. The second-order valence-electron chi connectivity index (χ2n) is 3.92. The molecule has 2 rings (SSSR count). The summed E-state index contributed by atoms with van der Waals surface area (Å²) in [7, 11) is 0. The molecular formula is C13H14ClNO2. The summed E-state index contributed by atoms with van der Waals surface area (Å²) in [5.74, 6) is 1.55. The Morgan fingerprint density at radius 1 is 1.18 bits per heavy atom. The molecule has 17 heavy (non-hydrogen) atoms. The van der Waals surface area contributed by atoms with Gasteiger partial charge in [-0.05, 0) is 36.4 Å². The zero-order valence-corrected chi connectivity index (χ0v) is 10.0. The standard InChI is InChI=1S/C13H14ClNO2/c14-10-3-1-9(2-4-10)13-6-5-12(17-13)7-11(15)8-16/h1-6,11,16H,7-8,15H2. The SMILES string of the molecule is NC(CO)Cc1ccc(-c2ccc(Cl)cc2)o1. The first-order valence-electron chi connectivity index (χ1n) is 5.40. The summed E-state index contributed by atoms with van der Waals surface area (Å²) in [6.07, 6.45) is 0.532. The van der Waals surface area contributed by atoms with Crippen molar-refractivity contribution in [3.05, 3.63) is 47.2 Å². The van der Waals surface area contributed by atoms with Gasteiger partial charge in [0, 0.05) is 23.0 Å². The maximum Gasteiger partial charge on any atom is 0.134 e. The minimum absolute atomic E-state index is 0.0447. The largest absolute Gasteiger partial charge is 0.461 e. The van der Waals surface area contributed by atoms with Gasteiger partial charge in [0.1, 0.15) is 11.5 Å². The maximum atomic E-state index is 8.87. The monoisotopic (exact) mass is 251 g/mol. The second kappa shape index (κ2) is 5.36. The Hall–Kier alpha value is -1.29. The molecule has 1 aromatic heterocycles. The lowest BCUT2D eigenvalue weighted by Crippen LogP contribution is -2.26. The summed E-state index contributed by atoms with van der Waals surface area (Å²) in [5, 5.41) is 9.57. The van der Waals surface area contributed by atoms with Crippen molar-refractivity contribution in [2.75, 3.05) is 6.61 Å². The molecule has 1 aromatic carbocycles. The highest BCUT2D eigenvalue weighted by molar-refractivity contribution is 6.30. The number of aliphatic hydroxyl groups is 1. The van der Waals surface area contributed by atoms with E-state index in [-0.39, 0.29) is 12.6 Å². The van der Waals surface area contributed by atoms with Gasteiger partial charge in [0.15, 0.2) is 0 Å². The van der Waals surface area contributed by atoms with Gasteiger partial charge in [0.25, 0.3) is 0 Å². The molecule has 0 aliphatic heterocycles. The van der Waals surface area contributed by atoms with E-state index in [2.05, 4.69) is 0 Å². The molecule has 0 saturated heterocycles. The Bertz CT molecular complexity index is 478. The molecule has 0 spiro atoms. The third-order valence-corrected chi connectivity index (χ3v) is 2.74. The molecule has 0 radical (unpaired) electrons.